The summed E-state index contributed by atoms with van der Waals surface area (Å²) in [5.74, 6) is 0.955. The van der Waals surface area contributed by atoms with E-state index in [1.54, 1.807) is 0 Å². The fourth-order valence-corrected chi connectivity index (χ4v) is 1.78. The van der Waals surface area contributed by atoms with Gasteiger partial charge < -0.3 is 10.1 Å². The Labute approximate surface area is 93.8 Å². The molecule has 0 aromatic heterocycles. The summed E-state index contributed by atoms with van der Waals surface area (Å²) in [6.45, 7) is 6.61. The molecule has 0 aliphatic carbocycles. The Morgan fingerprint density at radius 2 is 2.14 bits per heavy atom. The van der Waals surface area contributed by atoms with Crippen LogP contribution in [0.3, 0.4) is 0 Å². The molecule has 0 atom stereocenters. The molecule has 1 rings (SSSR count). The number of para-hydroxylation sites is 1. The van der Waals surface area contributed by atoms with Crippen LogP contribution in [0.2, 0.25) is 0 Å². The number of hydrogen-bond donors (Lipinski definition) is 1. The topological polar surface area (TPSA) is 21.3 Å². The van der Waals surface area contributed by atoms with E-state index >= 15 is 0 Å². The summed E-state index contributed by atoms with van der Waals surface area (Å²) in [6, 6.07) is 6.11. The molecule has 0 aliphatic heterocycles. The molecule has 2 nitrogen and oxygen atoms in total. The minimum absolute atomic E-state index is 0.696. The molecule has 1 aromatic carbocycles. The molecular formula is C11H16BrNO. The number of rotatable bonds is 5. The molecule has 0 amide bonds. The lowest BCUT2D eigenvalue weighted by atomic mass is 10.2. The molecule has 1 N–H and O–H groups in total. The molecule has 14 heavy (non-hydrogen) atoms. The third-order valence-electron chi connectivity index (χ3n) is 1.90. The molecule has 0 spiro atoms. The zero-order valence-electron chi connectivity index (χ0n) is 8.64. The summed E-state index contributed by atoms with van der Waals surface area (Å²) in [5.41, 5.74) is 1.20. The number of ether oxygens (including phenoxy) is 1. The first-order valence-electron chi connectivity index (χ1n) is 4.90. The highest BCUT2D eigenvalue weighted by molar-refractivity contribution is 9.10. The second-order valence-electron chi connectivity index (χ2n) is 2.94. The molecule has 0 radical (unpaired) electrons. The Morgan fingerprint density at radius 1 is 1.36 bits per heavy atom. The monoisotopic (exact) mass is 257 g/mol. The van der Waals surface area contributed by atoms with Gasteiger partial charge >= 0.3 is 0 Å². The molecule has 0 heterocycles. The van der Waals surface area contributed by atoms with Gasteiger partial charge in [-0.05, 0) is 35.5 Å². The Bertz CT molecular complexity index is 289. The first-order valence-corrected chi connectivity index (χ1v) is 5.69. The van der Waals surface area contributed by atoms with Crippen molar-refractivity contribution in [1.82, 2.24) is 5.32 Å². The third kappa shape index (κ3) is 3.00. The van der Waals surface area contributed by atoms with Gasteiger partial charge in [0.25, 0.3) is 0 Å². The highest BCUT2D eigenvalue weighted by Gasteiger charge is 2.06. The van der Waals surface area contributed by atoms with Crippen molar-refractivity contribution < 1.29 is 4.74 Å². The van der Waals surface area contributed by atoms with E-state index in [0.717, 1.165) is 23.3 Å². The van der Waals surface area contributed by atoms with Crippen molar-refractivity contribution in [2.24, 2.45) is 0 Å². The minimum Gasteiger partial charge on any atom is -0.492 e. The van der Waals surface area contributed by atoms with Crippen LogP contribution >= 0.6 is 15.9 Å². The van der Waals surface area contributed by atoms with Crippen molar-refractivity contribution in [3.8, 4) is 5.75 Å². The van der Waals surface area contributed by atoms with Gasteiger partial charge in [-0.25, -0.2) is 0 Å². The molecule has 0 saturated heterocycles. The van der Waals surface area contributed by atoms with Crippen LogP contribution in [0.1, 0.15) is 19.4 Å². The van der Waals surface area contributed by atoms with Crippen LogP contribution in [0.25, 0.3) is 0 Å². The predicted molar refractivity (Wildman–Crippen MR) is 62.7 cm³/mol. The van der Waals surface area contributed by atoms with E-state index < -0.39 is 0 Å². The van der Waals surface area contributed by atoms with E-state index in [9.17, 15) is 0 Å². The van der Waals surface area contributed by atoms with Crippen LogP contribution in [0.15, 0.2) is 22.7 Å². The second kappa shape index (κ2) is 6.04. The van der Waals surface area contributed by atoms with Gasteiger partial charge in [-0.2, -0.15) is 0 Å². The normalized spacial score (nSPS) is 10.2. The molecule has 0 saturated carbocycles. The molecule has 0 bridgehead atoms. The van der Waals surface area contributed by atoms with Crippen LogP contribution in [0, 0.1) is 0 Å². The van der Waals surface area contributed by atoms with Gasteiger partial charge in [0.2, 0.25) is 0 Å². The number of nitrogens with one attached hydrogen (secondary N) is 1. The summed E-state index contributed by atoms with van der Waals surface area (Å²) in [4.78, 5) is 0. The molecule has 3 heteroatoms. The molecule has 0 fully saturated rings. The van der Waals surface area contributed by atoms with Gasteiger partial charge in [-0.1, -0.05) is 19.1 Å². The average molecular weight is 258 g/mol. The van der Waals surface area contributed by atoms with Gasteiger partial charge in [-0.15, -0.1) is 0 Å². The fourth-order valence-electron chi connectivity index (χ4n) is 1.26. The fraction of sp³-hybridized carbons (Fsp3) is 0.455. The lowest BCUT2D eigenvalue weighted by Gasteiger charge is -2.11. The zero-order chi connectivity index (χ0) is 10.4. The summed E-state index contributed by atoms with van der Waals surface area (Å²) < 4.78 is 6.60. The van der Waals surface area contributed by atoms with Gasteiger partial charge in [0.15, 0.2) is 0 Å². The van der Waals surface area contributed by atoms with Crippen LogP contribution in [-0.2, 0) is 6.54 Å². The van der Waals surface area contributed by atoms with Crippen molar-refractivity contribution >= 4 is 15.9 Å². The van der Waals surface area contributed by atoms with Gasteiger partial charge in [0, 0.05) is 12.1 Å². The quantitative estimate of drug-likeness (QED) is 0.876. The molecule has 78 valence electrons. The molecule has 0 aliphatic rings. The van der Waals surface area contributed by atoms with Crippen LogP contribution in [0.4, 0.5) is 0 Å². The minimum atomic E-state index is 0.696. The molecular weight excluding hydrogens is 242 g/mol. The Morgan fingerprint density at radius 3 is 2.79 bits per heavy atom. The Kier molecular flexibility index (Phi) is 4.98. The smallest absolute Gasteiger partial charge is 0.137 e. The van der Waals surface area contributed by atoms with Crippen LogP contribution in [-0.4, -0.2) is 13.2 Å². The molecule has 1 aromatic rings. The van der Waals surface area contributed by atoms with E-state index in [0.29, 0.717) is 6.61 Å². The molecule has 0 unspecified atom stereocenters. The van der Waals surface area contributed by atoms with Gasteiger partial charge in [-0.3, -0.25) is 0 Å². The SMILES string of the molecule is CCNCc1cccc(Br)c1OCC. The summed E-state index contributed by atoms with van der Waals surface area (Å²) in [5, 5.41) is 3.29. The average Bonchev–Trinajstić information content (AvgIpc) is 2.19. The van der Waals surface area contributed by atoms with E-state index in [1.807, 2.05) is 19.1 Å². The first kappa shape index (κ1) is 11.5. The standard InChI is InChI=1S/C11H16BrNO/c1-3-13-8-9-6-5-7-10(12)11(9)14-4-2/h5-7,13H,3-4,8H2,1-2H3. The number of benzene rings is 1. The van der Waals surface area contributed by atoms with Gasteiger partial charge in [0.1, 0.15) is 5.75 Å². The lowest BCUT2D eigenvalue weighted by molar-refractivity contribution is 0.333. The van der Waals surface area contributed by atoms with Crippen molar-refractivity contribution in [3.05, 3.63) is 28.2 Å². The van der Waals surface area contributed by atoms with E-state index in [2.05, 4.69) is 34.2 Å². The summed E-state index contributed by atoms with van der Waals surface area (Å²) in [7, 11) is 0. The van der Waals surface area contributed by atoms with Crippen molar-refractivity contribution in [2.75, 3.05) is 13.2 Å². The maximum Gasteiger partial charge on any atom is 0.137 e. The van der Waals surface area contributed by atoms with E-state index in [-0.39, 0.29) is 0 Å². The zero-order valence-corrected chi connectivity index (χ0v) is 10.2. The van der Waals surface area contributed by atoms with Crippen LogP contribution in [0.5, 0.6) is 5.75 Å². The van der Waals surface area contributed by atoms with E-state index in [4.69, 9.17) is 4.74 Å². The van der Waals surface area contributed by atoms with Crippen molar-refractivity contribution in [2.45, 2.75) is 20.4 Å². The maximum atomic E-state index is 5.58. The maximum absolute atomic E-state index is 5.58. The lowest BCUT2D eigenvalue weighted by Crippen LogP contribution is -2.13. The summed E-state index contributed by atoms with van der Waals surface area (Å²) in [6.07, 6.45) is 0. The van der Waals surface area contributed by atoms with Gasteiger partial charge in [0.05, 0.1) is 11.1 Å². The van der Waals surface area contributed by atoms with Crippen molar-refractivity contribution in [3.63, 3.8) is 0 Å². The summed E-state index contributed by atoms with van der Waals surface area (Å²) >= 11 is 3.49. The number of halogens is 1. The largest absolute Gasteiger partial charge is 0.492 e. The number of hydrogen-bond acceptors (Lipinski definition) is 2. The first-order chi connectivity index (χ1) is 6.79. The third-order valence-corrected chi connectivity index (χ3v) is 2.53. The Hall–Kier alpha value is -0.540. The predicted octanol–water partition coefficient (Wildman–Crippen LogP) is 2.96. The highest BCUT2D eigenvalue weighted by Crippen LogP contribution is 2.28. The van der Waals surface area contributed by atoms with Crippen LogP contribution < -0.4 is 10.1 Å². The van der Waals surface area contributed by atoms with Crippen molar-refractivity contribution in [1.29, 1.82) is 0 Å². The Balaban J connectivity index is 2.83. The highest BCUT2D eigenvalue weighted by atomic mass is 79.9. The second-order valence-corrected chi connectivity index (χ2v) is 3.80. The van der Waals surface area contributed by atoms with E-state index in [1.165, 1.54) is 5.56 Å².